The van der Waals surface area contributed by atoms with Crippen molar-refractivity contribution in [1.29, 1.82) is 0 Å². The van der Waals surface area contributed by atoms with E-state index in [2.05, 4.69) is 24.1 Å². The van der Waals surface area contributed by atoms with Crippen LogP contribution >= 0.6 is 0 Å². The molecule has 21 heavy (non-hydrogen) atoms. The van der Waals surface area contributed by atoms with Crippen LogP contribution in [0.4, 0.5) is 11.4 Å². The molecule has 0 aliphatic carbocycles. The van der Waals surface area contributed by atoms with E-state index in [0.29, 0.717) is 18.2 Å². The average molecular weight is 291 g/mol. The highest BCUT2D eigenvalue weighted by molar-refractivity contribution is 5.91. The SMILES string of the molecule is Cc1cc(N)ccc1NC(=O)CCN1CC(C)OCC1C. The molecule has 2 atom stereocenters. The first-order chi connectivity index (χ1) is 9.95. The molecule has 3 N–H and O–H groups in total. The molecule has 5 nitrogen and oxygen atoms in total. The summed E-state index contributed by atoms with van der Waals surface area (Å²) in [5, 5.41) is 2.95. The maximum atomic E-state index is 12.1. The van der Waals surface area contributed by atoms with Gasteiger partial charge in [0.1, 0.15) is 0 Å². The number of benzene rings is 1. The van der Waals surface area contributed by atoms with Crippen molar-refractivity contribution < 1.29 is 9.53 Å². The van der Waals surface area contributed by atoms with Crippen LogP contribution in [0.5, 0.6) is 0 Å². The van der Waals surface area contributed by atoms with E-state index in [-0.39, 0.29) is 12.0 Å². The number of hydrogen-bond acceptors (Lipinski definition) is 4. The highest BCUT2D eigenvalue weighted by atomic mass is 16.5. The number of carbonyl (C=O) groups excluding carboxylic acids is 1. The Hall–Kier alpha value is -1.59. The highest BCUT2D eigenvalue weighted by Gasteiger charge is 2.23. The van der Waals surface area contributed by atoms with Crippen LogP contribution in [-0.2, 0) is 9.53 Å². The molecule has 0 spiro atoms. The molecule has 0 bridgehead atoms. The molecule has 1 aliphatic heterocycles. The summed E-state index contributed by atoms with van der Waals surface area (Å²) in [6, 6.07) is 5.88. The number of rotatable bonds is 4. The van der Waals surface area contributed by atoms with E-state index >= 15 is 0 Å². The first-order valence-electron chi connectivity index (χ1n) is 7.47. The number of amides is 1. The zero-order valence-corrected chi connectivity index (χ0v) is 13.1. The normalized spacial score (nSPS) is 23.0. The van der Waals surface area contributed by atoms with E-state index in [9.17, 15) is 4.79 Å². The van der Waals surface area contributed by atoms with E-state index in [1.54, 1.807) is 6.07 Å². The third-order valence-electron chi connectivity index (χ3n) is 3.89. The Kier molecular flexibility index (Phi) is 5.20. The van der Waals surface area contributed by atoms with Crippen LogP contribution in [0.3, 0.4) is 0 Å². The van der Waals surface area contributed by atoms with Crippen LogP contribution in [-0.4, -0.2) is 42.6 Å². The van der Waals surface area contributed by atoms with Gasteiger partial charge in [0.15, 0.2) is 0 Å². The lowest BCUT2D eigenvalue weighted by Crippen LogP contribution is -2.48. The van der Waals surface area contributed by atoms with Crippen molar-refractivity contribution in [3.05, 3.63) is 23.8 Å². The Bertz CT molecular complexity index is 504. The molecule has 5 heteroatoms. The summed E-state index contributed by atoms with van der Waals surface area (Å²) >= 11 is 0. The van der Waals surface area contributed by atoms with Crippen molar-refractivity contribution in [1.82, 2.24) is 4.90 Å². The summed E-state index contributed by atoms with van der Waals surface area (Å²) in [5.41, 5.74) is 8.24. The summed E-state index contributed by atoms with van der Waals surface area (Å²) in [6.45, 7) is 8.52. The number of anilines is 2. The third-order valence-corrected chi connectivity index (χ3v) is 3.89. The summed E-state index contributed by atoms with van der Waals surface area (Å²) in [5.74, 6) is 0.0363. The summed E-state index contributed by atoms with van der Waals surface area (Å²) in [6.07, 6.45) is 0.726. The second-order valence-electron chi connectivity index (χ2n) is 5.86. The van der Waals surface area contributed by atoms with Gasteiger partial charge in [-0.15, -0.1) is 0 Å². The number of ether oxygens (including phenoxy) is 1. The number of nitrogen functional groups attached to an aromatic ring is 1. The zero-order chi connectivity index (χ0) is 15.4. The lowest BCUT2D eigenvalue weighted by Gasteiger charge is -2.36. The maximum Gasteiger partial charge on any atom is 0.225 e. The monoisotopic (exact) mass is 291 g/mol. The van der Waals surface area contributed by atoms with Gasteiger partial charge < -0.3 is 15.8 Å². The predicted octanol–water partition coefficient (Wildman–Crippen LogP) is 2.02. The van der Waals surface area contributed by atoms with Crippen molar-refractivity contribution in [2.75, 3.05) is 30.7 Å². The second-order valence-corrected chi connectivity index (χ2v) is 5.86. The van der Waals surface area contributed by atoms with Crippen LogP contribution in [0.1, 0.15) is 25.8 Å². The Morgan fingerprint density at radius 2 is 2.24 bits per heavy atom. The average Bonchev–Trinajstić information content (AvgIpc) is 2.43. The first kappa shape index (κ1) is 15.8. The molecule has 1 aromatic rings. The number of carbonyl (C=O) groups is 1. The molecule has 2 unspecified atom stereocenters. The molecular weight excluding hydrogens is 266 g/mol. The lowest BCUT2D eigenvalue weighted by atomic mass is 10.1. The molecule has 2 rings (SSSR count). The fraction of sp³-hybridized carbons (Fsp3) is 0.562. The van der Waals surface area contributed by atoms with Crippen LogP contribution in [0.2, 0.25) is 0 Å². The molecule has 1 heterocycles. The van der Waals surface area contributed by atoms with Crippen molar-refractivity contribution in [3.8, 4) is 0 Å². The quantitative estimate of drug-likeness (QED) is 0.833. The number of nitrogens with zero attached hydrogens (tertiary/aromatic N) is 1. The molecule has 1 fully saturated rings. The van der Waals surface area contributed by atoms with Gasteiger partial charge in [0, 0.05) is 36.9 Å². The van der Waals surface area contributed by atoms with Crippen LogP contribution < -0.4 is 11.1 Å². The Balaban J connectivity index is 1.84. The third kappa shape index (κ3) is 4.44. The number of nitrogens with one attached hydrogen (secondary N) is 1. The molecule has 0 radical (unpaired) electrons. The molecular formula is C16H25N3O2. The number of hydrogen-bond donors (Lipinski definition) is 2. The van der Waals surface area contributed by atoms with Gasteiger partial charge in [-0.05, 0) is 44.5 Å². The molecule has 1 aliphatic rings. The van der Waals surface area contributed by atoms with Gasteiger partial charge in [0.25, 0.3) is 0 Å². The van der Waals surface area contributed by atoms with Gasteiger partial charge in [-0.25, -0.2) is 0 Å². The van der Waals surface area contributed by atoms with Crippen LogP contribution in [0.15, 0.2) is 18.2 Å². The molecule has 116 valence electrons. The van der Waals surface area contributed by atoms with Crippen molar-refractivity contribution in [3.63, 3.8) is 0 Å². The van der Waals surface area contributed by atoms with Crippen LogP contribution in [0.25, 0.3) is 0 Å². The van der Waals surface area contributed by atoms with Gasteiger partial charge in [0.2, 0.25) is 5.91 Å². The molecule has 1 amide bonds. The topological polar surface area (TPSA) is 67.6 Å². The molecule has 0 aromatic heterocycles. The number of morpholine rings is 1. The largest absolute Gasteiger partial charge is 0.399 e. The van der Waals surface area contributed by atoms with Crippen molar-refractivity contribution >= 4 is 17.3 Å². The smallest absolute Gasteiger partial charge is 0.225 e. The minimum absolute atomic E-state index is 0.0363. The lowest BCUT2D eigenvalue weighted by molar-refractivity contribution is -0.117. The Morgan fingerprint density at radius 3 is 2.95 bits per heavy atom. The Morgan fingerprint density at radius 1 is 1.48 bits per heavy atom. The van der Waals surface area contributed by atoms with E-state index < -0.39 is 0 Å². The van der Waals surface area contributed by atoms with Crippen molar-refractivity contribution in [2.45, 2.75) is 39.3 Å². The zero-order valence-electron chi connectivity index (χ0n) is 13.1. The summed E-state index contributed by atoms with van der Waals surface area (Å²) in [4.78, 5) is 14.4. The first-order valence-corrected chi connectivity index (χ1v) is 7.47. The Labute approximate surface area is 126 Å². The maximum absolute atomic E-state index is 12.1. The minimum atomic E-state index is 0.0363. The van der Waals surface area contributed by atoms with Gasteiger partial charge in [-0.2, -0.15) is 0 Å². The van der Waals surface area contributed by atoms with Crippen LogP contribution in [0, 0.1) is 6.92 Å². The number of aryl methyl sites for hydroxylation is 1. The molecule has 0 saturated carbocycles. The number of nitrogens with two attached hydrogens (primary N) is 1. The predicted molar refractivity (Wildman–Crippen MR) is 85.3 cm³/mol. The van der Waals surface area contributed by atoms with Gasteiger partial charge in [-0.3, -0.25) is 9.69 Å². The minimum Gasteiger partial charge on any atom is -0.399 e. The van der Waals surface area contributed by atoms with E-state index in [1.165, 1.54) is 0 Å². The molecule has 1 saturated heterocycles. The second kappa shape index (κ2) is 6.91. The van der Waals surface area contributed by atoms with E-state index in [1.807, 2.05) is 19.1 Å². The van der Waals surface area contributed by atoms with Gasteiger partial charge >= 0.3 is 0 Å². The standard InChI is InChI=1S/C16H25N3O2/c1-11-8-14(17)4-5-15(11)18-16(20)6-7-19-9-13(3)21-10-12(19)2/h4-5,8,12-13H,6-7,9-10,17H2,1-3H3,(H,18,20). The fourth-order valence-corrected chi connectivity index (χ4v) is 2.57. The fourth-order valence-electron chi connectivity index (χ4n) is 2.57. The highest BCUT2D eigenvalue weighted by Crippen LogP contribution is 2.18. The van der Waals surface area contributed by atoms with Crippen molar-refractivity contribution in [2.24, 2.45) is 0 Å². The van der Waals surface area contributed by atoms with Gasteiger partial charge in [-0.1, -0.05) is 0 Å². The summed E-state index contributed by atoms with van der Waals surface area (Å²) in [7, 11) is 0. The van der Waals surface area contributed by atoms with Gasteiger partial charge in [0.05, 0.1) is 12.7 Å². The van der Waals surface area contributed by atoms with E-state index in [0.717, 1.165) is 30.9 Å². The van der Waals surface area contributed by atoms with E-state index in [4.69, 9.17) is 10.5 Å². The molecule has 1 aromatic carbocycles. The summed E-state index contributed by atoms with van der Waals surface area (Å²) < 4.78 is 5.60.